The van der Waals surface area contributed by atoms with Gasteiger partial charge in [0.15, 0.2) is 0 Å². The van der Waals surface area contributed by atoms with Crippen LogP contribution in [-0.4, -0.2) is 72.1 Å². The monoisotopic (exact) mass is 429 g/mol. The molecule has 0 N–H and O–H groups in total. The van der Waals surface area contributed by atoms with Crippen molar-refractivity contribution in [2.45, 2.75) is 58.6 Å². The Labute approximate surface area is 187 Å². The van der Waals surface area contributed by atoms with Crippen LogP contribution in [0.15, 0.2) is 30.3 Å². The van der Waals surface area contributed by atoms with E-state index in [2.05, 4.69) is 34.1 Å². The fraction of sp³-hybridized carbons (Fsp3) is 0.680. The summed E-state index contributed by atoms with van der Waals surface area (Å²) in [7, 11) is 1.80. The van der Waals surface area contributed by atoms with Crippen molar-refractivity contribution < 1.29 is 14.3 Å². The van der Waals surface area contributed by atoms with Crippen LogP contribution in [0.2, 0.25) is 0 Å². The molecule has 0 radical (unpaired) electrons. The van der Waals surface area contributed by atoms with E-state index in [1.54, 1.807) is 11.9 Å². The van der Waals surface area contributed by atoms with Gasteiger partial charge in [-0.3, -0.25) is 9.69 Å². The lowest BCUT2D eigenvalue weighted by Crippen LogP contribution is -2.48. The van der Waals surface area contributed by atoms with Crippen LogP contribution >= 0.6 is 0 Å². The maximum atomic E-state index is 13.2. The first-order valence-electron chi connectivity index (χ1n) is 11.7. The number of nitrogens with zero attached hydrogens (tertiary/aromatic N) is 3. The summed E-state index contributed by atoms with van der Waals surface area (Å²) in [6.07, 6.45) is 3.69. The second-order valence-electron chi connectivity index (χ2n) is 10.2. The van der Waals surface area contributed by atoms with E-state index in [1.807, 2.05) is 26.8 Å². The Kier molecular flexibility index (Phi) is 7.98. The Bertz CT molecular complexity index is 723. The van der Waals surface area contributed by atoms with Crippen LogP contribution in [0.1, 0.15) is 52.0 Å². The van der Waals surface area contributed by atoms with Gasteiger partial charge in [-0.05, 0) is 64.5 Å². The van der Waals surface area contributed by atoms with Gasteiger partial charge in [-0.25, -0.2) is 4.79 Å². The third kappa shape index (κ3) is 7.23. The highest BCUT2D eigenvalue weighted by atomic mass is 16.6. The van der Waals surface area contributed by atoms with Crippen LogP contribution in [0, 0.1) is 11.8 Å². The first-order valence-corrected chi connectivity index (χ1v) is 11.7. The van der Waals surface area contributed by atoms with Gasteiger partial charge in [0, 0.05) is 39.8 Å². The Balaban J connectivity index is 1.43. The lowest BCUT2D eigenvalue weighted by Gasteiger charge is -2.38. The summed E-state index contributed by atoms with van der Waals surface area (Å²) in [5, 5.41) is 0. The maximum Gasteiger partial charge on any atom is 0.410 e. The van der Waals surface area contributed by atoms with Crippen molar-refractivity contribution in [3.8, 4) is 0 Å². The average Bonchev–Trinajstić information content (AvgIpc) is 2.73. The van der Waals surface area contributed by atoms with Gasteiger partial charge in [0.1, 0.15) is 5.60 Å². The molecule has 2 saturated heterocycles. The molecule has 1 unspecified atom stereocenters. The molecule has 172 valence electrons. The number of carbonyl (C=O) groups is 2. The topological polar surface area (TPSA) is 53.1 Å². The largest absolute Gasteiger partial charge is 0.444 e. The third-order valence-corrected chi connectivity index (χ3v) is 6.27. The summed E-state index contributed by atoms with van der Waals surface area (Å²) in [5.74, 6) is 0.845. The molecule has 0 spiro atoms. The summed E-state index contributed by atoms with van der Waals surface area (Å²) in [4.78, 5) is 31.5. The van der Waals surface area contributed by atoms with Crippen molar-refractivity contribution >= 4 is 12.0 Å². The molecule has 1 atom stereocenters. The fourth-order valence-corrected chi connectivity index (χ4v) is 4.64. The standard InChI is InChI=1S/C25H39N3O3/c1-25(2,3)31-24(30)26(4)17-21-12-15-28(16-13-21)23(29)22-11-8-14-27(19-22)18-20-9-6-5-7-10-20/h5-7,9-10,21-22H,8,11-19H2,1-4H3. The second-order valence-corrected chi connectivity index (χ2v) is 10.2. The number of hydrogen-bond donors (Lipinski definition) is 0. The molecule has 6 nitrogen and oxygen atoms in total. The number of carbonyl (C=O) groups excluding carboxylic acids is 2. The number of amides is 2. The average molecular weight is 430 g/mol. The zero-order chi connectivity index (χ0) is 22.4. The van der Waals surface area contributed by atoms with Gasteiger partial charge in [0.2, 0.25) is 5.91 Å². The van der Waals surface area contributed by atoms with Crippen molar-refractivity contribution in [2.24, 2.45) is 11.8 Å². The predicted octanol–water partition coefficient (Wildman–Crippen LogP) is 4.00. The van der Waals surface area contributed by atoms with Crippen LogP contribution in [0.25, 0.3) is 0 Å². The van der Waals surface area contributed by atoms with Gasteiger partial charge < -0.3 is 14.5 Å². The molecular formula is C25H39N3O3. The van der Waals surface area contributed by atoms with Gasteiger partial charge in [0.25, 0.3) is 0 Å². The zero-order valence-electron chi connectivity index (χ0n) is 19.7. The van der Waals surface area contributed by atoms with E-state index >= 15 is 0 Å². The van der Waals surface area contributed by atoms with Crippen molar-refractivity contribution in [3.05, 3.63) is 35.9 Å². The maximum absolute atomic E-state index is 13.2. The molecule has 0 aromatic heterocycles. The minimum Gasteiger partial charge on any atom is -0.444 e. The normalized spacial score (nSPS) is 21.0. The van der Waals surface area contributed by atoms with Gasteiger partial charge in [-0.2, -0.15) is 0 Å². The lowest BCUT2D eigenvalue weighted by atomic mass is 9.92. The molecule has 3 rings (SSSR count). The number of likely N-dealkylation sites (tertiary alicyclic amines) is 2. The molecule has 31 heavy (non-hydrogen) atoms. The van der Waals surface area contributed by atoms with Crippen LogP contribution in [0.5, 0.6) is 0 Å². The number of piperidine rings is 2. The molecule has 2 amide bonds. The van der Waals surface area contributed by atoms with Crippen LogP contribution in [0.3, 0.4) is 0 Å². The minimum atomic E-state index is -0.477. The van der Waals surface area contributed by atoms with Crippen LogP contribution in [-0.2, 0) is 16.1 Å². The van der Waals surface area contributed by atoms with Gasteiger partial charge in [-0.15, -0.1) is 0 Å². The van der Waals surface area contributed by atoms with Gasteiger partial charge in [-0.1, -0.05) is 30.3 Å². The van der Waals surface area contributed by atoms with E-state index in [1.165, 1.54) is 5.56 Å². The van der Waals surface area contributed by atoms with E-state index in [0.717, 1.165) is 58.4 Å². The molecule has 2 fully saturated rings. The second kappa shape index (κ2) is 10.5. The number of hydrogen-bond acceptors (Lipinski definition) is 4. The molecular weight excluding hydrogens is 390 g/mol. The number of ether oxygens (including phenoxy) is 1. The number of rotatable bonds is 5. The van der Waals surface area contributed by atoms with E-state index in [-0.39, 0.29) is 12.0 Å². The van der Waals surface area contributed by atoms with E-state index in [0.29, 0.717) is 18.4 Å². The molecule has 2 aliphatic heterocycles. The predicted molar refractivity (Wildman–Crippen MR) is 123 cm³/mol. The Morgan fingerprint density at radius 3 is 2.39 bits per heavy atom. The highest BCUT2D eigenvalue weighted by Crippen LogP contribution is 2.25. The number of benzene rings is 1. The summed E-state index contributed by atoms with van der Waals surface area (Å²) < 4.78 is 5.45. The Morgan fingerprint density at radius 2 is 1.74 bits per heavy atom. The van der Waals surface area contributed by atoms with E-state index in [4.69, 9.17) is 4.74 Å². The molecule has 1 aromatic carbocycles. The third-order valence-electron chi connectivity index (χ3n) is 6.27. The van der Waals surface area contributed by atoms with Crippen molar-refractivity contribution in [1.29, 1.82) is 0 Å². The Hall–Kier alpha value is -2.08. The van der Waals surface area contributed by atoms with Crippen molar-refractivity contribution in [3.63, 3.8) is 0 Å². The summed E-state index contributed by atoms with van der Waals surface area (Å²) in [5.41, 5.74) is 0.834. The first-order chi connectivity index (χ1) is 14.7. The van der Waals surface area contributed by atoms with Crippen molar-refractivity contribution in [1.82, 2.24) is 14.7 Å². The summed E-state index contributed by atoms with van der Waals surface area (Å²) in [6, 6.07) is 10.5. The molecule has 2 heterocycles. The Morgan fingerprint density at radius 1 is 1.06 bits per heavy atom. The van der Waals surface area contributed by atoms with E-state index < -0.39 is 5.60 Å². The minimum absolute atomic E-state index is 0.110. The van der Waals surface area contributed by atoms with Crippen LogP contribution in [0.4, 0.5) is 4.79 Å². The summed E-state index contributed by atoms with van der Waals surface area (Å²) in [6.45, 7) is 10.8. The molecule has 0 aliphatic carbocycles. The zero-order valence-corrected chi connectivity index (χ0v) is 19.7. The highest BCUT2D eigenvalue weighted by Gasteiger charge is 2.32. The quantitative estimate of drug-likeness (QED) is 0.710. The molecule has 6 heteroatoms. The van der Waals surface area contributed by atoms with Gasteiger partial charge in [0.05, 0.1) is 5.92 Å². The van der Waals surface area contributed by atoms with Crippen molar-refractivity contribution in [2.75, 3.05) is 39.8 Å². The van der Waals surface area contributed by atoms with Gasteiger partial charge >= 0.3 is 6.09 Å². The lowest BCUT2D eigenvalue weighted by molar-refractivity contribution is -0.139. The first kappa shape index (κ1) is 23.6. The molecule has 1 aromatic rings. The highest BCUT2D eigenvalue weighted by molar-refractivity contribution is 5.79. The molecule has 0 saturated carbocycles. The molecule has 2 aliphatic rings. The fourth-order valence-electron chi connectivity index (χ4n) is 4.64. The summed E-state index contributed by atoms with van der Waals surface area (Å²) >= 11 is 0. The van der Waals surface area contributed by atoms with E-state index in [9.17, 15) is 9.59 Å². The SMILES string of the molecule is CN(CC1CCN(C(=O)C2CCCN(Cc3ccccc3)C2)CC1)C(=O)OC(C)(C)C. The smallest absolute Gasteiger partial charge is 0.410 e. The molecule has 0 bridgehead atoms. The van der Waals surface area contributed by atoms with Crippen LogP contribution < -0.4 is 0 Å².